The maximum atomic E-state index is 12.9. The van der Waals surface area contributed by atoms with Crippen molar-refractivity contribution in [1.29, 1.82) is 0 Å². The van der Waals surface area contributed by atoms with Crippen molar-refractivity contribution < 1.29 is 37.8 Å². The van der Waals surface area contributed by atoms with Crippen molar-refractivity contribution in [2.24, 2.45) is 0 Å². The second-order valence-electron chi connectivity index (χ2n) is 8.59. The molecule has 0 atom stereocenters. The molecule has 10 nitrogen and oxygen atoms in total. The lowest BCUT2D eigenvalue weighted by molar-refractivity contribution is -0.127. The number of aryl methyl sites for hydroxylation is 2. The van der Waals surface area contributed by atoms with Gasteiger partial charge in [-0.2, -0.15) is 0 Å². The second-order valence-corrected chi connectivity index (χ2v) is 9.58. The molecule has 0 spiro atoms. The number of rotatable bonds is 9. The Kier molecular flexibility index (Phi) is 8.40. The number of amides is 3. The number of furan rings is 1. The van der Waals surface area contributed by atoms with Crippen molar-refractivity contribution >= 4 is 46.5 Å². The van der Waals surface area contributed by atoms with Gasteiger partial charge < -0.3 is 23.9 Å². The lowest BCUT2D eigenvalue weighted by atomic mass is 10.1. The van der Waals surface area contributed by atoms with Crippen LogP contribution in [0.5, 0.6) is 11.5 Å². The number of esters is 1. The van der Waals surface area contributed by atoms with E-state index in [2.05, 4.69) is 10.1 Å². The molecule has 0 saturated carbocycles. The summed E-state index contributed by atoms with van der Waals surface area (Å²) < 4.78 is 21.2. The Balaban J connectivity index is 1.41. The van der Waals surface area contributed by atoms with E-state index in [-0.39, 0.29) is 17.3 Å². The van der Waals surface area contributed by atoms with Gasteiger partial charge in [0.05, 0.1) is 19.1 Å². The predicted molar refractivity (Wildman–Crippen MR) is 145 cm³/mol. The Hall–Kier alpha value is -4.51. The molecule has 0 radical (unpaired) electrons. The third-order valence-corrected chi connectivity index (χ3v) is 6.64. The summed E-state index contributed by atoms with van der Waals surface area (Å²) in [4.78, 5) is 50.6. The van der Waals surface area contributed by atoms with Crippen LogP contribution in [0.1, 0.15) is 33.0 Å². The van der Waals surface area contributed by atoms with Gasteiger partial charge in [0.25, 0.3) is 11.1 Å². The van der Waals surface area contributed by atoms with Gasteiger partial charge in [-0.3, -0.25) is 19.3 Å². The van der Waals surface area contributed by atoms with Gasteiger partial charge in [-0.1, -0.05) is 23.8 Å². The number of hydrogen-bond acceptors (Lipinski definition) is 9. The van der Waals surface area contributed by atoms with Gasteiger partial charge in [0.1, 0.15) is 18.9 Å². The zero-order valence-electron chi connectivity index (χ0n) is 21.7. The molecule has 0 unspecified atom stereocenters. The van der Waals surface area contributed by atoms with Crippen molar-refractivity contribution in [2.45, 2.75) is 20.5 Å². The molecule has 202 valence electrons. The average Bonchev–Trinajstić information content (AvgIpc) is 3.49. The third-order valence-electron chi connectivity index (χ3n) is 5.73. The minimum absolute atomic E-state index is 0.0375. The number of hydrogen-bond donors (Lipinski definition) is 1. The maximum absolute atomic E-state index is 12.9. The SMILES string of the molecule is COC(=O)c1ccc(COc2ccc(/C=C3/SC(=O)N(CC(=O)Nc4ccc(C)cc4C)C3=O)cc2OC)o1. The number of thioether (sulfide) groups is 1. The first-order valence-electron chi connectivity index (χ1n) is 11.8. The number of nitrogens with zero attached hydrogens (tertiary/aromatic N) is 1. The highest BCUT2D eigenvalue weighted by Gasteiger charge is 2.36. The highest BCUT2D eigenvalue weighted by atomic mass is 32.2. The lowest BCUT2D eigenvalue weighted by Crippen LogP contribution is -2.36. The van der Waals surface area contributed by atoms with Crippen molar-refractivity contribution in [3.8, 4) is 11.5 Å². The summed E-state index contributed by atoms with van der Waals surface area (Å²) in [7, 11) is 2.73. The molecule has 11 heteroatoms. The molecule has 0 aliphatic carbocycles. The van der Waals surface area contributed by atoms with Crippen LogP contribution >= 0.6 is 11.8 Å². The van der Waals surface area contributed by atoms with E-state index in [0.717, 1.165) is 27.8 Å². The van der Waals surface area contributed by atoms with E-state index in [1.807, 2.05) is 26.0 Å². The van der Waals surface area contributed by atoms with Crippen LogP contribution < -0.4 is 14.8 Å². The first-order valence-corrected chi connectivity index (χ1v) is 12.6. The first-order chi connectivity index (χ1) is 18.7. The highest BCUT2D eigenvalue weighted by molar-refractivity contribution is 8.18. The summed E-state index contributed by atoms with van der Waals surface area (Å²) >= 11 is 0.758. The molecule has 0 bridgehead atoms. The van der Waals surface area contributed by atoms with E-state index in [4.69, 9.17) is 13.9 Å². The van der Waals surface area contributed by atoms with Gasteiger partial charge in [0, 0.05) is 5.69 Å². The summed E-state index contributed by atoms with van der Waals surface area (Å²) in [5.41, 5.74) is 3.16. The molecule has 1 saturated heterocycles. The quantitative estimate of drug-likeness (QED) is 0.291. The zero-order chi connectivity index (χ0) is 28.1. The molecule has 2 heterocycles. The molecule has 1 N–H and O–H groups in total. The van der Waals surface area contributed by atoms with E-state index in [0.29, 0.717) is 28.5 Å². The molecule has 3 aromatic rings. The fourth-order valence-electron chi connectivity index (χ4n) is 3.78. The van der Waals surface area contributed by atoms with Crippen molar-refractivity contribution in [2.75, 3.05) is 26.1 Å². The molecular weight excluding hydrogens is 524 g/mol. The highest BCUT2D eigenvalue weighted by Crippen LogP contribution is 2.35. The van der Waals surface area contributed by atoms with E-state index >= 15 is 0 Å². The Bertz CT molecular complexity index is 1480. The van der Waals surface area contributed by atoms with Crippen LogP contribution in [0.3, 0.4) is 0 Å². The fraction of sp³-hybridized carbons (Fsp3) is 0.214. The number of ether oxygens (including phenoxy) is 3. The van der Waals surface area contributed by atoms with Gasteiger partial charge in [-0.25, -0.2) is 4.79 Å². The molecular formula is C28H26N2O8S. The second kappa shape index (κ2) is 11.9. The Morgan fingerprint density at radius 3 is 2.54 bits per heavy atom. The number of carbonyl (C=O) groups is 4. The van der Waals surface area contributed by atoms with Crippen LogP contribution in [0.15, 0.2) is 57.9 Å². The number of benzene rings is 2. The van der Waals surface area contributed by atoms with E-state index in [1.165, 1.54) is 20.3 Å². The third kappa shape index (κ3) is 6.50. The number of methoxy groups -OCH3 is 2. The molecule has 1 aliphatic heterocycles. The number of carbonyl (C=O) groups excluding carboxylic acids is 4. The van der Waals surface area contributed by atoms with Crippen molar-refractivity contribution in [3.05, 3.63) is 81.6 Å². The maximum Gasteiger partial charge on any atom is 0.373 e. The summed E-state index contributed by atoms with van der Waals surface area (Å²) in [5, 5.41) is 2.22. The molecule has 2 aromatic carbocycles. The summed E-state index contributed by atoms with van der Waals surface area (Å²) in [6.07, 6.45) is 1.55. The number of imide groups is 1. The average molecular weight is 551 g/mol. The molecule has 1 aromatic heterocycles. The van der Waals surface area contributed by atoms with Crippen LogP contribution in [0.2, 0.25) is 0 Å². The van der Waals surface area contributed by atoms with E-state index < -0.39 is 29.6 Å². The van der Waals surface area contributed by atoms with E-state index in [9.17, 15) is 19.2 Å². The van der Waals surface area contributed by atoms with Crippen LogP contribution in [0.4, 0.5) is 10.5 Å². The van der Waals surface area contributed by atoms with Crippen molar-refractivity contribution in [1.82, 2.24) is 4.90 Å². The van der Waals surface area contributed by atoms with Crippen LogP contribution in [-0.4, -0.2) is 48.7 Å². The van der Waals surface area contributed by atoms with Gasteiger partial charge in [-0.05, 0) is 73.1 Å². The lowest BCUT2D eigenvalue weighted by Gasteiger charge is -2.14. The molecule has 1 aliphatic rings. The Morgan fingerprint density at radius 2 is 1.82 bits per heavy atom. The fourth-order valence-corrected chi connectivity index (χ4v) is 4.62. The normalized spacial score (nSPS) is 14.1. The summed E-state index contributed by atoms with van der Waals surface area (Å²) in [6, 6.07) is 13.7. The molecule has 4 rings (SSSR count). The first kappa shape index (κ1) is 27.5. The minimum Gasteiger partial charge on any atom is -0.493 e. The largest absolute Gasteiger partial charge is 0.493 e. The van der Waals surface area contributed by atoms with Crippen LogP contribution in [0, 0.1) is 13.8 Å². The monoisotopic (exact) mass is 550 g/mol. The van der Waals surface area contributed by atoms with Crippen molar-refractivity contribution in [3.63, 3.8) is 0 Å². The number of nitrogens with one attached hydrogen (secondary N) is 1. The number of anilines is 1. The van der Waals surface area contributed by atoms with Crippen LogP contribution in [-0.2, 0) is 20.9 Å². The Morgan fingerprint density at radius 1 is 1.03 bits per heavy atom. The van der Waals surface area contributed by atoms with Gasteiger partial charge >= 0.3 is 5.97 Å². The standard InChI is InChI=1S/C28H26N2O8S/c1-16-5-8-20(17(2)11-16)29-25(31)14-30-26(32)24(39-28(30)34)13-18-6-9-21(23(12-18)35-3)37-15-19-7-10-22(38-19)27(33)36-4/h5-13H,14-15H2,1-4H3,(H,29,31)/b24-13+. The van der Waals surface area contributed by atoms with Gasteiger partial charge in [-0.15, -0.1) is 0 Å². The topological polar surface area (TPSA) is 124 Å². The van der Waals surface area contributed by atoms with Crippen LogP contribution in [0.25, 0.3) is 6.08 Å². The summed E-state index contributed by atoms with van der Waals surface area (Å²) in [5.74, 6) is -0.345. The minimum atomic E-state index is -0.588. The zero-order valence-corrected chi connectivity index (χ0v) is 22.5. The van der Waals surface area contributed by atoms with E-state index in [1.54, 1.807) is 36.4 Å². The summed E-state index contributed by atoms with van der Waals surface area (Å²) in [6.45, 7) is 3.46. The predicted octanol–water partition coefficient (Wildman–Crippen LogP) is 4.95. The Labute approximate surface area is 228 Å². The molecule has 3 amide bonds. The smallest absolute Gasteiger partial charge is 0.373 e. The molecule has 1 fully saturated rings. The van der Waals surface area contributed by atoms with Gasteiger partial charge in [0.15, 0.2) is 11.5 Å². The molecule has 39 heavy (non-hydrogen) atoms. The van der Waals surface area contributed by atoms with Gasteiger partial charge in [0.2, 0.25) is 11.7 Å².